The van der Waals surface area contributed by atoms with Crippen molar-refractivity contribution in [2.45, 2.75) is 25.0 Å². The average Bonchev–Trinajstić information content (AvgIpc) is 2.35. The van der Waals surface area contributed by atoms with Crippen molar-refractivity contribution >= 4 is 17.8 Å². The summed E-state index contributed by atoms with van der Waals surface area (Å²) in [6.45, 7) is 2.41. The zero-order chi connectivity index (χ0) is 11.6. The lowest BCUT2D eigenvalue weighted by Gasteiger charge is -2.08. The van der Waals surface area contributed by atoms with Gasteiger partial charge in [-0.2, -0.15) is 11.8 Å². The SMILES string of the molecule is CCCCSC(/C=C\c1ccccc1)CO. The van der Waals surface area contributed by atoms with Gasteiger partial charge in [0.15, 0.2) is 0 Å². The van der Waals surface area contributed by atoms with Gasteiger partial charge in [-0.15, -0.1) is 0 Å². The molecule has 16 heavy (non-hydrogen) atoms. The summed E-state index contributed by atoms with van der Waals surface area (Å²) in [7, 11) is 0. The maximum Gasteiger partial charge on any atom is 0.0585 e. The second kappa shape index (κ2) is 8.43. The van der Waals surface area contributed by atoms with Crippen molar-refractivity contribution in [3.8, 4) is 0 Å². The first kappa shape index (κ1) is 13.3. The van der Waals surface area contributed by atoms with Crippen molar-refractivity contribution in [3.63, 3.8) is 0 Å². The molecular weight excluding hydrogens is 216 g/mol. The van der Waals surface area contributed by atoms with Crippen LogP contribution in [0.2, 0.25) is 0 Å². The van der Waals surface area contributed by atoms with Crippen LogP contribution in [0.3, 0.4) is 0 Å². The highest BCUT2D eigenvalue weighted by Crippen LogP contribution is 2.15. The quantitative estimate of drug-likeness (QED) is 0.730. The Kier molecular flexibility index (Phi) is 7.02. The molecular formula is C14H20OS. The van der Waals surface area contributed by atoms with Gasteiger partial charge in [0.1, 0.15) is 0 Å². The zero-order valence-corrected chi connectivity index (χ0v) is 10.6. The van der Waals surface area contributed by atoms with E-state index in [1.807, 2.05) is 30.0 Å². The third kappa shape index (κ3) is 5.38. The van der Waals surface area contributed by atoms with E-state index in [0.29, 0.717) is 0 Å². The summed E-state index contributed by atoms with van der Waals surface area (Å²) in [5.74, 6) is 1.13. The van der Waals surface area contributed by atoms with Crippen LogP contribution in [0.15, 0.2) is 36.4 Å². The molecule has 0 radical (unpaired) electrons. The molecule has 1 aromatic carbocycles. The molecule has 0 fully saturated rings. The number of aliphatic hydroxyl groups is 1. The molecule has 0 aromatic heterocycles. The average molecular weight is 236 g/mol. The summed E-state index contributed by atoms with van der Waals surface area (Å²) >= 11 is 1.83. The molecule has 0 aliphatic carbocycles. The van der Waals surface area contributed by atoms with E-state index in [0.717, 1.165) is 5.75 Å². The van der Waals surface area contributed by atoms with E-state index < -0.39 is 0 Å². The molecule has 0 spiro atoms. The number of aliphatic hydroxyl groups excluding tert-OH is 1. The first-order valence-electron chi connectivity index (χ1n) is 5.82. The second-order valence-corrected chi connectivity index (χ2v) is 5.06. The van der Waals surface area contributed by atoms with Crippen molar-refractivity contribution in [1.82, 2.24) is 0 Å². The maximum atomic E-state index is 9.23. The summed E-state index contributed by atoms with van der Waals surface area (Å²) in [5, 5.41) is 9.46. The number of hydrogen-bond acceptors (Lipinski definition) is 2. The van der Waals surface area contributed by atoms with E-state index in [1.54, 1.807) is 0 Å². The van der Waals surface area contributed by atoms with Gasteiger partial charge in [0.05, 0.1) is 6.61 Å². The third-order valence-corrected chi connectivity index (χ3v) is 3.57. The van der Waals surface area contributed by atoms with Gasteiger partial charge in [0.2, 0.25) is 0 Å². The van der Waals surface area contributed by atoms with Crippen molar-refractivity contribution in [3.05, 3.63) is 42.0 Å². The molecule has 2 heteroatoms. The first-order valence-corrected chi connectivity index (χ1v) is 6.87. The van der Waals surface area contributed by atoms with E-state index in [1.165, 1.54) is 18.4 Å². The molecule has 0 saturated heterocycles. The summed E-state index contributed by atoms with van der Waals surface area (Å²) in [6, 6.07) is 10.2. The minimum Gasteiger partial charge on any atom is -0.395 e. The van der Waals surface area contributed by atoms with Gasteiger partial charge in [0, 0.05) is 5.25 Å². The van der Waals surface area contributed by atoms with Crippen LogP contribution in [-0.2, 0) is 0 Å². The molecule has 1 atom stereocenters. The summed E-state index contributed by atoms with van der Waals surface area (Å²) in [6.07, 6.45) is 6.61. The molecule has 0 saturated carbocycles. The molecule has 0 bridgehead atoms. The Morgan fingerprint density at radius 2 is 2.06 bits per heavy atom. The van der Waals surface area contributed by atoms with Crippen molar-refractivity contribution in [2.24, 2.45) is 0 Å². The highest BCUT2D eigenvalue weighted by Gasteiger charge is 2.02. The van der Waals surface area contributed by atoms with E-state index in [2.05, 4.69) is 31.2 Å². The molecule has 1 nitrogen and oxygen atoms in total. The van der Waals surface area contributed by atoms with Crippen LogP contribution in [-0.4, -0.2) is 22.7 Å². The molecule has 1 rings (SSSR count). The zero-order valence-electron chi connectivity index (χ0n) is 9.80. The number of thioether (sulfide) groups is 1. The van der Waals surface area contributed by atoms with Gasteiger partial charge in [-0.3, -0.25) is 0 Å². The Morgan fingerprint density at radius 1 is 1.31 bits per heavy atom. The van der Waals surface area contributed by atoms with Gasteiger partial charge in [-0.25, -0.2) is 0 Å². The van der Waals surface area contributed by atoms with Gasteiger partial charge in [0.25, 0.3) is 0 Å². The monoisotopic (exact) mass is 236 g/mol. The van der Waals surface area contributed by atoms with Gasteiger partial charge in [-0.1, -0.05) is 55.8 Å². The smallest absolute Gasteiger partial charge is 0.0585 e. The Balaban J connectivity index is 2.40. The van der Waals surface area contributed by atoms with Crippen LogP contribution in [0, 0.1) is 0 Å². The molecule has 0 heterocycles. The predicted molar refractivity (Wildman–Crippen MR) is 73.7 cm³/mol. The third-order valence-electron chi connectivity index (χ3n) is 2.31. The number of unbranched alkanes of at least 4 members (excludes halogenated alkanes) is 1. The number of hydrogen-bond donors (Lipinski definition) is 1. The summed E-state index contributed by atoms with van der Waals surface area (Å²) in [5.41, 5.74) is 1.19. The highest BCUT2D eigenvalue weighted by molar-refractivity contribution is 8.00. The Labute approximate surface area is 103 Å². The van der Waals surface area contributed by atoms with Gasteiger partial charge < -0.3 is 5.11 Å². The van der Waals surface area contributed by atoms with E-state index in [9.17, 15) is 5.11 Å². The van der Waals surface area contributed by atoms with E-state index in [-0.39, 0.29) is 11.9 Å². The largest absolute Gasteiger partial charge is 0.395 e. The maximum absolute atomic E-state index is 9.23. The predicted octanol–water partition coefficient (Wildman–Crippen LogP) is 3.59. The van der Waals surface area contributed by atoms with Crippen LogP contribution in [0.4, 0.5) is 0 Å². The minimum atomic E-state index is 0.220. The van der Waals surface area contributed by atoms with Crippen LogP contribution < -0.4 is 0 Å². The van der Waals surface area contributed by atoms with Crippen molar-refractivity contribution in [1.29, 1.82) is 0 Å². The lowest BCUT2D eigenvalue weighted by molar-refractivity contribution is 0.307. The van der Waals surface area contributed by atoms with Crippen LogP contribution in [0.5, 0.6) is 0 Å². The molecule has 1 unspecified atom stereocenters. The molecule has 0 aliphatic rings. The summed E-state index contributed by atoms with van der Waals surface area (Å²) in [4.78, 5) is 0. The van der Waals surface area contributed by atoms with Crippen LogP contribution in [0.25, 0.3) is 6.08 Å². The molecule has 1 aromatic rings. The summed E-state index contributed by atoms with van der Waals surface area (Å²) < 4.78 is 0. The van der Waals surface area contributed by atoms with Crippen molar-refractivity contribution in [2.75, 3.05) is 12.4 Å². The normalized spacial score (nSPS) is 13.1. The molecule has 0 amide bonds. The Hall–Kier alpha value is -0.730. The van der Waals surface area contributed by atoms with Gasteiger partial charge >= 0.3 is 0 Å². The molecule has 1 N–H and O–H groups in total. The highest BCUT2D eigenvalue weighted by atomic mass is 32.2. The number of benzene rings is 1. The lowest BCUT2D eigenvalue weighted by Crippen LogP contribution is -2.05. The minimum absolute atomic E-state index is 0.220. The standard InChI is InChI=1S/C14H20OS/c1-2-3-11-16-14(12-15)10-9-13-7-5-4-6-8-13/h4-10,14-15H,2-3,11-12H2,1H3/b10-9-. The Morgan fingerprint density at radius 3 is 2.69 bits per heavy atom. The first-order chi connectivity index (χ1) is 7.86. The fraction of sp³-hybridized carbons (Fsp3) is 0.429. The lowest BCUT2D eigenvalue weighted by atomic mass is 10.2. The fourth-order valence-corrected chi connectivity index (χ4v) is 2.38. The van der Waals surface area contributed by atoms with Crippen LogP contribution in [0.1, 0.15) is 25.3 Å². The Bertz CT molecular complexity index is 295. The fourth-order valence-electron chi connectivity index (χ4n) is 1.33. The van der Waals surface area contributed by atoms with E-state index >= 15 is 0 Å². The van der Waals surface area contributed by atoms with Crippen LogP contribution >= 0.6 is 11.8 Å². The van der Waals surface area contributed by atoms with Gasteiger partial charge in [-0.05, 0) is 17.7 Å². The molecule has 88 valence electrons. The topological polar surface area (TPSA) is 20.2 Å². The second-order valence-electron chi connectivity index (χ2n) is 3.72. The number of rotatable bonds is 7. The molecule has 0 aliphatic heterocycles. The van der Waals surface area contributed by atoms with Crippen molar-refractivity contribution < 1.29 is 5.11 Å². The van der Waals surface area contributed by atoms with E-state index in [4.69, 9.17) is 0 Å².